The minimum absolute atomic E-state index is 0. The van der Waals surface area contributed by atoms with Crippen LogP contribution in [0.5, 0.6) is 0 Å². The Labute approximate surface area is 147 Å². The lowest BCUT2D eigenvalue weighted by Gasteiger charge is -2.31. The van der Waals surface area contributed by atoms with Gasteiger partial charge in [-0.3, -0.25) is 4.79 Å². The molecule has 128 valence electrons. The van der Waals surface area contributed by atoms with Crippen molar-refractivity contribution in [1.29, 1.82) is 0 Å². The van der Waals surface area contributed by atoms with Gasteiger partial charge in [0.2, 0.25) is 5.91 Å². The Morgan fingerprint density at radius 1 is 1.33 bits per heavy atom. The van der Waals surface area contributed by atoms with Gasteiger partial charge in [-0.2, -0.15) is 0 Å². The number of hydrogen-bond donors (Lipinski definition) is 2. The molecule has 1 aliphatic rings. The van der Waals surface area contributed by atoms with Crippen LogP contribution in [-0.2, 0) is 11.2 Å². The Morgan fingerprint density at radius 3 is 2.88 bits per heavy atom. The fourth-order valence-electron chi connectivity index (χ4n) is 2.94. The van der Waals surface area contributed by atoms with Gasteiger partial charge in [0.1, 0.15) is 5.82 Å². The molecule has 0 bridgehead atoms. The topological polar surface area (TPSA) is 58.4 Å². The SMILES string of the molecule is Cc1ccc(NC(=O)CN2CCCc3c(N)cccc32)cc1F.Cl. The standard InChI is InChI=1S/C18H20FN3O.ClH/c1-12-7-8-13(10-15(12)19)21-18(23)11-22-9-3-4-14-16(20)5-2-6-17(14)22;/h2,5-8,10H,3-4,9,11,20H2,1H3,(H,21,23);1H. The number of carbonyl (C=O) groups is 1. The average molecular weight is 350 g/mol. The summed E-state index contributed by atoms with van der Waals surface area (Å²) in [5.41, 5.74) is 9.94. The summed E-state index contributed by atoms with van der Waals surface area (Å²) in [7, 11) is 0. The Hall–Kier alpha value is -2.27. The van der Waals surface area contributed by atoms with E-state index in [9.17, 15) is 9.18 Å². The van der Waals surface area contributed by atoms with Crippen molar-refractivity contribution in [1.82, 2.24) is 0 Å². The molecule has 0 fully saturated rings. The molecule has 0 aromatic heterocycles. The molecule has 6 heteroatoms. The summed E-state index contributed by atoms with van der Waals surface area (Å²) in [5, 5.41) is 2.75. The number of amides is 1. The molecule has 0 unspecified atom stereocenters. The predicted molar refractivity (Wildman–Crippen MR) is 98.4 cm³/mol. The summed E-state index contributed by atoms with van der Waals surface area (Å²) in [6, 6.07) is 10.5. The minimum atomic E-state index is -0.320. The maximum atomic E-state index is 13.6. The Kier molecular flexibility index (Phi) is 5.67. The predicted octanol–water partition coefficient (Wildman–Crippen LogP) is 3.53. The summed E-state index contributed by atoms with van der Waals surface area (Å²) in [4.78, 5) is 14.3. The normalized spacial score (nSPS) is 13.0. The van der Waals surface area contributed by atoms with Crippen LogP contribution < -0.4 is 16.0 Å². The highest BCUT2D eigenvalue weighted by Gasteiger charge is 2.20. The number of hydrogen-bond acceptors (Lipinski definition) is 3. The molecular weight excluding hydrogens is 329 g/mol. The molecule has 0 saturated heterocycles. The number of aryl methyl sites for hydroxylation is 1. The fraction of sp³-hybridized carbons (Fsp3) is 0.278. The summed E-state index contributed by atoms with van der Waals surface area (Å²) in [6.07, 6.45) is 1.90. The number of fused-ring (bicyclic) bond motifs is 1. The maximum Gasteiger partial charge on any atom is 0.243 e. The molecule has 0 aliphatic carbocycles. The average Bonchev–Trinajstić information content (AvgIpc) is 2.52. The lowest BCUT2D eigenvalue weighted by atomic mass is 10.00. The summed E-state index contributed by atoms with van der Waals surface area (Å²) in [6.45, 7) is 2.73. The largest absolute Gasteiger partial charge is 0.398 e. The smallest absolute Gasteiger partial charge is 0.243 e. The third-order valence-electron chi connectivity index (χ3n) is 4.17. The zero-order valence-corrected chi connectivity index (χ0v) is 14.3. The van der Waals surface area contributed by atoms with Gasteiger partial charge in [0, 0.05) is 23.6 Å². The van der Waals surface area contributed by atoms with E-state index in [1.54, 1.807) is 19.1 Å². The van der Waals surface area contributed by atoms with Crippen molar-refractivity contribution in [3.8, 4) is 0 Å². The number of anilines is 3. The van der Waals surface area contributed by atoms with Crippen molar-refractivity contribution in [2.75, 3.05) is 29.0 Å². The van der Waals surface area contributed by atoms with Crippen molar-refractivity contribution < 1.29 is 9.18 Å². The monoisotopic (exact) mass is 349 g/mol. The number of nitrogen functional groups attached to an aromatic ring is 1. The highest BCUT2D eigenvalue weighted by Crippen LogP contribution is 2.31. The van der Waals surface area contributed by atoms with Gasteiger partial charge in [-0.25, -0.2) is 4.39 Å². The molecule has 0 spiro atoms. The third kappa shape index (κ3) is 3.79. The van der Waals surface area contributed by atoms with Gasteiger partial charge in [-0.1, -0.05) is 12.1 Å². The van der Waals surface area contributed by atoms with Gasteiger partial charge in [-0.05, 0) is 55.2 Å². The lowest BCUT2D eigenvalue weighted by Crippen LogP contribution is -2.37. The summed E-state index contributed by atoms with van der Waals surface area (Å²) >= 11 is 0. The number of halogens is 2. The fourth-order valence-corrected chi connectivity index (χ4v) is 2.94. The molecule has 24 heavy (non-hydrogen) atoms. The minimum Gasteiger partial charge on any atom is -0.398 e. The lowest BCUT2D eigenvalue weighted by molar-refractivity contribution is -0.115. The molecule has 0 radical (unpaired) electrons. The van der Waals surface area contributed by atoms with Gasteiger partial charge >= 0.3 is 0 Å². The van der Waals surface area contributed by atoms with Gasteiger partial charge in [0.15, 0.2) is 0 Å². The molecule has 0 saturated carbocycles. The number of nitrogens with zero attached hydrogens (tertiary/aromatic N) is 1. The van der Waals surface area contributed by atoms with Crippen LogP contribution in [-0.4, -0.2) is 19.0 Å². The van der Waals surface area contributed by atoms with E-state index < -0.39 is 0 Å². The highest BCUT2D eigenvalue weighted by atomic mass is 35.5. The summed E-state index contributed by atoms with van der Waals surface area (Å²) < 4.78 is 13.6. The number of nitrogens with one attached hydrogen (secondary N) is 1. The van der Waals surface area contributed by atoms with Gasteiger partial charge in [0.25, 0.3) is 0 Å². The molecule has 1 heterocycles. The van der Waals surface area contributed by atoms with Gasteiger partial charge in [-0.15, -0.1) is 12.4 Å². The second kappa shape index (κ2) is 7.53. The van der Waals surface area contributed by atoms with E-state index in [-0.39, 0.29) is 30.7 Å². The molecule has 0 atom stereocenters. The van der Waals surface area contributed by atoms with E-state index in [2.05, 4.69) is 5.32 Å². The molecule has 4 nitrogen and oxygen atoms in total. The molecule has 2 aromatic rings. The van der Waals surface area contributed by atoms with Crippen LogP contribution in [0.4, 0.5) is 21.5 Å². The molecule has 3 N–H and O–H groups in total. The molecular formula is C18H21ClFN3O. The van der Waals surface area contributed by atoms with Crippen LogP contribution in [0.2, 0.25) is 0 Å². The van der Waals surface area contributed by atoms with Crippen molar-refractivity contribution in [3.63, 3.8) is 0 Å². The van der Waals surface area contributed by atoms with Gasteiger partial charge < -0.3 is 16.0 Å². The first-order valence-electron chi connectivity index (χ1n) is 7.73. The van der Waals surface area contributed by atoms with Crippen LogP contribution in [0.3, 0.4) is 0 Å². The van der Waals surface area contributed by atoms with E-state index in [4.69, 9.17) is 5.73 Å². The number of rotatable bonds is 3. The Bertz CT molecular complexity index is 751. The highest BCUT2D eigenvalue weighted by molar-refractivity contribution is 5.94. The molecule has 1 aliphatic heterocycles. The first-order valence-corrected chi connectivity index (χ1v) is 7.73. The van der Waals surface area contributed by atoms with Crippen LogP contribution >= 0.6 is 12.4 Å². The Morgan fingerprint density at radius 2 is 2.12 bits per heavy atom. The first kappa shape index (κ1) is 18.1. The van der Waals surface area contributed by atoms with Crippen molar-refractivity contribution in [3.05, 3.63) is 53.3 Å². The molecule has 3 rings (SSSR count). The van der Waals surface area contributed by atoms with E-state index in [1.165, 1.54) is 6.07 Å². The van der Waals surface area contributed by atoms with Crippen molar-refractivity contribution in [2.45, 2.75) is 19.8 Å². The first-order chi connectivity index (χ1) is 11.0. The van der Waals surface area contributed by atoms with Gasteiger partial charge in [0.05, 0.1) is 6.54 Å². The van der Waals surface area contributed by atoms with Crippen LogP contribution in [0.25, 0.3) is 0 Å². The quantitative estimate of drug-likeness (QED) is 0.833. The van der Waals surface area contributed by atoms with Crippen LogP contribution in [0.1, 0.15) is 17.5 Å². The second-order valence-electron chi connectivity index (χ2n) is 5.88. The van der Waals surface area contributed by atoms with E-state index in [1.807, 2.05) is 23.1 Å². The summed E-state index contributed by atoms with van der Waals surface area (Å²) in [5.74, 6) is -0.484. The molecule has 2 aromatic carbocycles. The zero-order valence-electron chi connectivity index (χ0n) is 13.5. The third-order valence-corrected chi connectivity index (χ3v) is 4.17. The number of carbonyl (C=O) groups excluding carboxylic acids is 1. The van der Waals surface area contributed by atoms with E-state index >= 15 is 0 Å². The van der Waals surface area contributed by atoms with E-state index in [0.717, 1.165) is 36.3 Å². The van der Waals surface area contributed by atoms with Crippen molar-refractivity contribution >= 4 is 35.4 Å². The maximum absolute atomic E-state index is 13.6. The zero-order chi connectivity index (χ0) is 16.4. The Balaban J connectivity index is 0.00000208. The number of nitrogens with two attached hydrogens (primary N) is 1. The second-order valence-corrected chi connectivity index (χ2v) is 5.88. The molecule has 1 amide bonds. The van der Waals surface area contributed by atoms with E-state index in [0.29, 0.717) is 11.3 Å². The van der Waals surface area contributed by atoms with Crippen molar-refractivity contribution in [2.24, 2.45) is 0 Å². The number of benzene rings is 2. The van der Waals surface area contributed by atoms with Crippen LogP contribution in [0, 0.1) is 12.7 Å². The van der Waals surface area contributed by atoms with Crippen LogP contribution in [0.15, 0.2) is 36.4 Å².